The molecule has 98 valence electrons. The van der Waals surface area contributed by atoms with E-state index in [1.165, 1.54) is 17.8 Å². The summed E-state index contributed by atoms with van der Waals surface area (Å²) in [4.78, 5) is 11.7. The van der Waals surface area contributed by atoms with E-state index in [0.29, 0.717) is 5.75 Å². The SMILES string of the molecule is O=C(O)c1cccc(SCc2ccc(F)c(Cl)c2)c1. The molecule has 19 heavy (non-hydrogen) atoms. The molecule has 0 spiro atoms. The largest absolute Gasteiger partial charge is 0.478 e. The maximum Gasteiger partial charge on any atom is 0.335 e. The molecule has 2 aromatic rings. The lowest BCUT2D eigenvalue weighted by atomic mass is 10.2. The van der Waals surface area contributed by atoms with Crippen molar-refractivity contribution < 1.29 is 14.3 Å². The van der Waals surface area contributed by atoms with Crippen molar-refractivity contribution >= 4 is 29.3 Å². The Labute approximate surface area is 119 Å². The Kier molecular flexibility index (Phi) is 4.45. The van der Waals surface area contributed by atoms with Crippen molar-refractivity contribution in [3.8, 4) is 0 Å². The minimum atomic E-state index is -0.952. The number of halogens is 2. The zero-order chi connectivity index (χ0) is 13.8. The smallest absolute Gasteiger partial charge is 0.335 e. The van der Waals surface area contributed by atoms with Crippen LogP contribution in [0.2, 0.25) is 5.02 Å². The number of thioether (sulfide) groups is 1. The summed E-state index contributed by atoms with van der Waals surface area (Å²) < 4.78 is 13.0. The van der Waals surface area contributed by atoms with Gasteiger partial charge in [-0.2, -0.15) is 0 Å². The van der Waals surface area contributed by atoms with Crippen molar-refractivity contribution in [2.75, 3.05) is 0 Å². The van der Waals surface area contributed by atoms with E-state index < -0.39 is 11.8 Å². The van der Waals surface area contributed by atoms with Gasteiger partial charge in [0.25, 0.3) is 0 Å². The van der Waals surface area contributed by atoms with Crippen LogP contribution >= 0.6 is 23.4 Å². The van der Waals surface area contributed by atoms with Gasteiger partial charge in [-0.15, -0.1) is 11.8 Å². The van der Waals surface area contributed by atoms with Crippen molar-refractivity contribution in [2.24, 2.45) is 0 Å². The molecule has 2 rings (SSSR count). The first-order chi connectivity index (χ1) is 9.06. The summed E-state index contributed by atoms with van der Waals surface area (Å²) in [5, 5.41) is 8.99. The number of hydrogen-bond donors (Lipinski definition) is 1. The van der Waals surface area contributed by atoms with E-state index >= 15 is 0 Å². The van der Waals surface area contributed by atoms with Crippen LogP contribution in [-0.2, 0) is 5.75 Å². The third-order valence-corrected chi connectivity index (χ3v) is 3.83. The maximum atomic E-state index is 13.0. The summed E-state index contributed by atoms with van der Waals surface area (Å²) in [6, 6.07) is 11.2. The highest BCUT2D eigenvalue weighted by atomic mass is 35.5. The molecule has 2 aromatic carbocycles. The first kappa shape index (κ1) is 13.9. The molecule has 0 fully saturated rings. The lowest BCUT2D eigenvalue weighted by Gasteiger charge is -2.04. The molecule has 0 aromatic heterocycles. The molecule has 2 nitrogen and oxygen atoms in total. The number of aromatic carboxylic acids is 1. The molecule has 1 N–H and O–H groups in total. The first-order valence-corrected chi connectivity index (χ1v) is 6.83. The predicted molar refractivity (Wildman–Crippen MR) is 74.4 cm³/mol. The van der Waals surface area contributed by atoms with Gasteiger partial charge in [-0.25, -0.2) is 9.18 Å². The average molecular weight is 297 g/mol. The van der Waals surface area contributed by atoms with E-state index in [1.807, 2.05) is 6.07 Å². The molecule has 0 amide bonds. The van der Waals surface area contributed by atoms with Crippen LogP contribution in [0.3, 0.4) is 0 Å². The fourth-order valence-corrected chi connectivity index (χ4v) is 2.62. The van der Waals surface area contributed by atoms with Gasteiger partial charge >= 0.3 is 5.97 Å². The fourth-order valence-electron chi connectivity index (χ4n) is 1.51. The predicted octanol–water partition coefficient (Wildman–Crippen LogP) is 4.47. The summed E-state index contributed by atoms with van der Waals surface area (Å²) in [5.41, 5.74) is 1.14. The van der Waals surface area contributed by atoms with E-state index in [0.717, 1.165) is 10.5 Å². The Balaban J connectivity index is 2.07. The van der Waals surface area contributed by atoms with Gasteiger partial charge in [0.15, 0.2) is 0 Å². The highest BCUT2D eigenvalue weighted by Gasteiger charge is 2.05. The Bertz CT molecular complexity index is 616. The second-order valence-electron chi connectivity index (χ2n) is 3.87. The molecule has 0 unspecified atom stereocenters. The minimum Gasteiger partial charge on any atom is -0.478 e. The number of carboxylic acid groups (broad SMARTS) is 1. The molecule has 0 bridgehead atoms. The maximum absolute atomic E-state index is 13.0. The van der Waals surface area contributed by atoms with Crippen LogP contribution in [0.1, 0.15) is 15.9 Å². The van der Waals surface area contributed by atoms with Crippen LogP contribution in [-0.4, -0.2) is 11.1 Å². The number of rotatable bonds is 4. The summed E-state index contributed by atoms with van der Waals surface area (Å²) >= 11 is 7.18. The van der Waals surface area contributed by atoms with Gasteiger partial charge in [-0.3, -0.25) is 0 Å². The van der Waals surface area contributed by atoms with Gasteiger partial charge in [0, 0.05) is 10.6 Å². The minimum absolute atomic E-state index is 0.0948. The first-order valence-electron chi connectivity index (χ1n) is 5.46. The molecule has 0 saturated heterocycles. The monoisotopic (exact) mass is 296 g/mol. The summed E-state index contributed by atoms with van der Waals surface area (Å²) in [7, 11) is 0. The van der Waals surface area contributed by atoms with Gasteiger partial charge in [0.1, 0.15) is 5.82 Å². The highest BCUT2D eigenvalue weighted by Crippen LogP contribution is 2.25. The summed E-state index contributed by atoms with van der Waals surface area (Å²) in [6.45, 7) is 0. The Hall–Kier alpha value is -1.52. The lowest BCUT2D eigenvalue weighted by molar-refractivity contribution is 0.0696. The number of carbonyl (C=O) groups is 1. The van der Waals surface area contributed by atoms with Gasteiger partial charge in [-0.05, 0) is 35.9 Å². The number of carboxylic acids is 1. The van der Waals surface area contributed by atoms with E-state index in [-0.39, 0.29) is 10.6 Å². The van der Waals surface area contributed by atoms with E-state index in [4.69, 9.17) is 16.7 Å². The summed E-state index contributed by atoms with van der Waals surface area (Å²) in [6.07, 6.45) is 0. The van der Waals surface area contributed by atoms with Crippen molar-refractivity contribution in [3.63, 3.8) is 0 Å². The quantitative estimate of drug-likeness (QED) is 0.846. The molecular weight excluding hydrogens is 287 g/mol. The second kappa shape index (κ2) is 6.08. The van der Waals surface area contributed by atoms with Gasteiger partial charge in [0.05, 0.1) is 10.6 Å². The van der Waals surface area contributed by atoms with Crippen LogP contribution in [0.15, 0.2) is 47.4 Å². The molecule has 0 aliphatic carbocycles. The molecule has 5 heteroatoms. The topological polar surface area (TPSA) is 37.3 Å². The third-order valence-electron chi connectivity index (χ3n) is 2.47. The Morgan fingerprint density at radius 1 is 1.26 bits per heavy atom. The molecule has 0 saturated carbocycles. The van der Waals surface area contributed by atoms with Gasteiger partial charge in [-0.1, -0.05) is 23.7 Å². The Morgan fingerprint density at radius 2 is 2.05 bits per heavy atom. The van der Waals surface area contributed by atoms with Crippen LogP contribution in [0.5, 0.6) is 0 Å². The Morgan fingerprint density at radius 3 is 2.74 bits per heavy atom. The zero-order valence-corrected chi connectivity index (χ0v) is 11.3. The molecule has 0 aliphatic heterocycles. The molecule has 0 aliphatic rings. The summed E-state index contributed by atoms with van der Waals surface area (Å²) in [5.74, 6) is -0.793. The van der Waals surface area contributed by atoms with Crippen LogP contribution < -0.4 is 0 Å². The van der Waals surface area contributed by atoms with Crippen LogP contribution in [0, 0.1) is 5.82 Å². The second-order valence-corrected chi connectivity index (χ2v) is 5.33. The molecule has 0 radical (unpaired) electrons. The van der Waals surface area contributed by atoms with Crippen LogP contribution in [0.4, 0.5) is 4.39 Å². The zero-order valence-electron chi connectivity index (χ0n) is 9.77. The lowest BCUT2D eigenvalue weighted by Crippen LogP contribution is -1.95. The highest BCUT2D eigenvalue weighted by molar-refractivity contribution is 7.98. The van der Waals surface area contributed by atoms with Crippen molar-refractivity contribution in [2.45, 2.75) is 10.6 Å². The van der Waals surface area contributed by atoms with Crippen LogP contribution in [0.25, 0.3) is 0 Å². The van der Waals surface area contributed by atoms with Gasteiger partial charge in [0.2, 0.25) is 0 Å². The van der Waals surface area contributed by atoms with E-state index in [1.54, 1.807) is 30.3 Å². The third kappa shape index (κ3) is 3.72. The average Bonchev–Trinajstić information content (AvgIpc) is 2.40. The number of hydrogen-bond acceptors (Lipinski definition) is 2. The van der Waals surface area contributed by atoms with Gasteiger partial charge < -0.3 is 5.11 Å². The van der Waals surface area contributed by atoms with Crippen molar-refractivity contribution in [3.05, 3.63) is 64.4 Å². The molecule has 0 heterocycles. The number of benzene rings is 2. The fraction of sp³-hybridized carbons (Fsp3) is 0.0714. The van der Waals surface area contributed by atoms with E-state index in [2.05, 4.69) is 0 Å². The van der Waals surface area contributed by atoms with Crippen molar-refractivity contribution in [1.82, 2.24) is 0 Å². The molecular formula is C14H10ClFO2S. The molecule has 0 atom stereocenters. The normalized spacial score (nSPS) is 10.4. The van der Waals surface area contributed by atoms with E-state index in [9.17, 15) is 9.18 Å². The standard InChI is InChI=1S/C14H10ClFO2S/c15-12-6-9(4-5-13(12)16)8-19-11-3-1-2-10(7-11)14(17)18/h1-7H,8H2,(H,17,18). The van der Waals surface area contributed by atoms with Crippen molar-refractivity contribution in [1.29, 1.82) is 0 Å².